The third-order valence-electron chi connectivity index (χ3n) is 2.90. The van der Waals surface area contributed by atoms with E-state index < -0.39 is 5.97 Å². The van der Waals surface area contributed by atoms with E-state index in [0.717, 1.165) is 17.4 Å². The normalized spacial score (nSPS) is 10.1. The first kappa shape index (κ1) is 13.7. The van der Waals surface area contributed by atoms with Crippen molar-refractivity contribution >= 4 is 12.3 Å². The van der Waals surface area contributed by atoms with Crippen LogP contribution < -0.4 is 5.56 Å². The Balaban J connectivity index is 2.30. The Morgan fingerprint density at radius 1 is 1.20 bits per heavy atom. The topological polar surface area (TPSA) is 65.4 Å². The first-order valence-corrected chi connectivity index (χ1v) is 5.97. The molecule has 0 fully saturated rings. The summed E-state index contributed by atoms with van der Waals surface area (Å²) in [5.41, 5.74) is 1.85. The SMILES string of the molecule is COC(=O)Cn1ccc(-c2ccc(C=O)cc2)cc1=O. The maximum Gasteiger partial charge on any atom is 0.325 e. The minimum Gasteiger partial charge on any atom is -0.468 e. The van der Waals surface area contributed by atoms with Crippen molar-refractivity contribution < 1.29 is 14.3 Å². The van der Waals surface area contributed by atoms with Crippen LogP contribution in [0.3, 0.4) is 0 Å². The van der Waals surface area contributed by atoms with Crippen molar-refractivity contribution in [3.63, 3.8) is 0 Å². The van der Waals surface area contributed by atoms with Gasteiger partial charge in [0.15, 0.2) is 0 Å². The predicted molar refractivity (Wildman–Crippen MR) is 73.5 cm³/mol. The molecule has 0 aliphatic heterocycles. The number of benzene rings is 1. The molecule has 2 rings (SSSR count). The van der Waals surface area contributed by atoms with E-state index in [-0.39, 0.29) is 12.1 Å². The van der Waals surface area contributed by atoms with Crippen molar-refractivity contribution in [3.05, 3.63) is 58.5 Å². The van der Waals surface area contributed by atoms with Gasteiger partial charge in [-0.1, -0.05) is 24.3 Å². The Kier molecular flexibility index (Phi) is 4.10. The molecule has 0 unspecified atom stereocenters. The Hall–Kier alpha value is -2.69. The summed E-state index contributed by atoms with van der Waals surface area (Å²) < 4.78 is 5.79. The van der Waals surface area contributed by atoms with E-state index in [9.17, 15) is 14.4 Å². The Morgan fingerprint density at radius 3 is 2.45 bits per heavy atom. The van der Waals surface area contributed by atoms with E-state index in [1.165, 1.54) is 17.7 Å². The van der Waals surface area contributed by atoms with Gasteiger partial charge in [0.25, 0.3) is 5.56 Å². The molecule has 0 atom stereocenters. The van der Waals surface area contributed by atoms with E-state index in [4.69, 9.17) is 0 Å². The molecular weight excluding hydrogens is 258 g/mol. The van der Waals surface area contributed by atoms with Crippen LogP contribution >= 0.6 is 0 Å². The molecular formula is C15H13NO4. The fourth-order valence-electron chi connectivity index (χ4n) is 1.78. The van der Waals surface area contributed by atoms with E-state index in [2.05, 4.69) is 4.74 Å². The lowest BCUT2D eigenvalue weighted by Gasteiger charge is -2.06. The summed E-state index contributed by atoms with van der Waals surface area (Å²) in [7, 11) is 1.27. The van der Waals surface area contributed by atoms with E-state index in [1.54, 1.807) is 36.5 Å². The number of aldehydes is 1. The van der Waals surface area contributed by atoms with Gasteiger partial charge in [-0.3, -0.25) is 14.4 Å². The minimum atomic E-state index is -0.477. The predicted octanol–water partition coefficient (Wildman–Crippen LogP) is 1.50. The molecule has 5 nitrogen and oxygen atoms in total. The number of carbonyl (C=O) groups is 2. The van der Waals surface area contributed by atoms with Crippen LogP contribution in [0.2, 0.25) is 0 Å². The molecule has 0 radical (unpaired) electrons. The number of nitrogens with zero attached hydrogens (tertiary/aromatic N) is 1. The molecule has 0 aliphatic rings. The highest BCUT2D eigenvalue weighted by Crippen LogP contribution is 2.17. The molecule has 20 heavy (non-hydrogen) atoms. The lowest BCUT2D eigenvalue weighted by atomic mass is 10.1. The Morgan fingerprint density at radius 2 is 1.90 bits per heavy atom. The summed E-state index contributed by atoms with van der Waals surface area (Å²) in [5.74, 6) is -0.477. The highest BCUT2D eigenvalue weighted by atomic mass is 16.5. The van der Waals surface area contributed by atoms with Crippen molar-refractivity contribution in [2.75, 3.05) is 7.11 Å². The molecule has 0 spiro atoms. The molecule has 0 saturated heterocycles. The zero-order chi connectivity index (χ0) is 14.5. The van der Waals surface area contributed by atoms with Gasteiger partial charge in [0, 0.05) is 17.8 Å². The molecule has 1 aromatic carbocycles. The fourth-order valence-corrected chi connectivity index (χ4v) is 1.78. The molecule has 0 saturated carbocycles. The van der Waals surface area contributed by atoms with Gasteiger partial charge in [0.2, 0.25) is 0 Å². The van der Waals surface area contributed by atoms with Crippen LogP contribution in [-0.4, -0.2) is 23.9 Å². The van der Waals surface area contributed by atoms with Crippen LogP contribution in [0.1, 0.15) is 10.4 Å². The van der Waals surface area contributed by atoms with E-state index in [0.29, 0.717) is 5.56 Å². The summed E-state index contributed by atoms with van der Waals surface area (Å²) in [6, 6.07) is 10.1. The van der Waals surface area contributed by atoms with Crippen molar-refractivity contribution in [1.29, 1.82) is 0 Å². The molecule has 102 valence electrons. The highest BCUT2D eigenvalue weighted by molar-refractivity contribution is 5.76. The second-order valence-corrected chi connectivity index (χ2v) is 4.20. The van der Waals surface area contributed by atoms with Gasteiger partial charge >= 0.3 is 5.97 Å². The number of rotatable bonds is 4. The van der Waals surface area contributed by atoms with Gasteiger partial charge in [0.05, 0.1) is 7.11 Å². The van der Waals surface area contributed by atoms with Crippen LogP contribution in [0, 0.1) is 0 Å². The van der Waals surface area contributed by atoms with E-state index >= 15 is 0 Å². The quantitative estimate of drug-likeness (QED) is 0.624. The number of hydrogen-bond acceptors (Lipinski definition) is 4. The maximum atomic E-state index is 11.9. The first-order chi connectivity index (χ1) is 9.63. The zero-order valence-electron chi connectivity index (χ0n) is 10.9. The molecule has 0 N–H and O–H groups in total. The van der Waals surface area contributed by atoms with Crippen molar-refractivity contribution in [2.24, 2.45) is 0 Å². The van der Waals surface area contributed by atoms with Crippen LogP contribution in [-0.2, 0) is 16.1 Å². The number of methoxy groups -OCH3 is 1. The first-order valence-electron chi connectivity index (χ1n) is 5.97. The molecule has 2 aromatic rings. The smallest absolute Gasteiger partial charge is 0.325 e. The van der Waals surface area contributed by atoms with Gasteiger partial charge in [-0.05, 0) is 17.2 Å². The summed E-state index contributed by atoms with van der Waals surface area (Å²) in [5, 5.41) is 0. The van der Waals surface area contributed by atoms with Crippen LogP contribution in [0.25, 0.3) is 11.1 Å². The van der Waals surface area contributed by atoms with Crippen LogP contribution in [0.15, 0.2) is 47.4 Å². The molecule has 1 aromatic heterocycles. The number of hydrogen-bond donors (Lipinski definition) is 0. The van der Waals surface area contributed by atoms with Crippen molar-refractivity contribution in [1.82, 2.24) is 4.57 Å². The Labute approximate surface area is 115 Å². The molecule has 0 aliphatic carbocycles. The molecule has 1 heterocycles. The second kappa shape index (κ2) is 5.97. The summed E-state index contributed by atoms with van der Waals surface area (Å²) >= 11 is 0. The number of aromatic nitrogens is 1. The van der Waals surface area contributed by atoms with Crippen molar-refractivity contribution in [2.45, 2.75) is 6.54 Å². The monoisotopic (exact) mass is 271 g/mol. The largest absolute Gasteiger partial charge is 0.468 e. The zero-order valence-corrected chi connectivity index (χ0v) is 10.9. The third kappa shape index (κ3) is 3.00. The summed E-state index contributed by atoms with van der Waals surface area (Å²) in [6.45, 7) is -0.111. The lowest BCUT2D eigenvalue weighted by molar-refractivity contribution is -0.141. The summed E-state index contributed by atoms with van der Waals surface area (Å²) in [4.78, 5) is 33.6. The molecule has 0 bridgehead atoms. The molecule has 5 heteroatoms. The van der Waals surface area contributed by atoms with Gasteiger partial charge in [0.1, 0.15) is 12.8 Å². The lowest BCUT2D eigenvalue weighted by Crippen LogP contribution is -2.23. The van der Waals surface area contributed by atoms with Gasteiger partial charge < -0.3 is 9.30 Å². The number of esters is 1. The summed E-state index contributed by atoms with van der Waals surface area (Å²) in [6.07, 6.45) is 2.31. The average molecular weight is 271 g/mol. The number of pyridine rings is 1. The van der Waals surface area contributed by atoms with Crippen molar-refractivity contribution in [3.8, 4) is 11.1 Å². The van der Waals surface area contributed by atoms with E-state index in [1.807, 2.05) is 0 Å². The standard InChI is InChI=1S/C15H13NO4/c1-20-15(19)9-16-7-6-13(8-14(16)18)12-4-2-11(10-17)3-5-12/h2-8,10H,9H2,1H3. The second-order valence-electron chi connectivity index (χ2n) is 4.20. The number of ether oxygens (including phenoxy) is 1. The van der Waals surface area contributed by atoms with Crippen LogP contribution in [0.5, 0.6) is 0 Å². The van der Waals surface area contributed by atoms with Gasteiger partial charge in [-0.2, -0.15) is 0 Å². The van der Waals surface area contributed by atoms with Crippen LogP contribution in [0.4, 0.5) is 0 Å². The third-order valence-corrected chi connectivity index (χ3v) is 2.90. The average Bonchev–Trinajstić information content (AvgIpc) is 2.49. The van der Waals surface area contributed by atoms with Gasteiger partial charge in [-0.15, -0.1) is 0 Å². The van der Waals surface area contributed by atoms with Gasteiger partial charge in [-0.25, -0.2) is 0 Å². The molecule has 0 amide bonds. The Bertz CT molecular complexity index is 686. The fraction of sp³-hybridized carbons (Fsp3) is 0.133. The maximum absolute atomic E-state index is 11.9. The number of carbonyl (C=O) groups excluding carboxylic acids is 2. The highest BCUT2D eigenvalue weighted by Gasteiger charge is 2.05. The minimum absolute atomic E-state index is 0.111.